The van der Waals surface area contributed by atoms with E-state index >= 15 is 0 Å². The van der Waals surface area contributed by atoms with Crippen LogP contribution in [0, 0.1) is 12.7 Å². The molecular weight excluding hydrogens is 377 g/mol. The van der Waals surface area contributed by atoms with Crippen molar-refractivity contribution in [3.63, 3.8) is 0 Å². The minimum Gasteiger partial charge on any atom is -0.477 e. The molecule has 1 atom stereocenters. The van der Waals surface area contributed by atoms with E-state index in [2.05, 4.69) is 4.72 Å². The van der Waals surface area contributed by atoms with E-state index in [1.165, 1.54) is 12.1 Å². The van der Waals surface area contributed by atoms with Crippen LogP contribution in [-0.4, -0.2) is 19.5 Å². The smallest absolute Gasteiger partial charge is 0.344 e. The number of hydrogen-bond donors (Lipinski definition) is 2. The number of rotatable bonds is 5. The second-order valence-electron chi connectivity index (χ2n) is 5.82. The van der Waals surface area contributed by atoms with E-state index in [1.54, 1.807) is 43.3 Å². The van der Waals surface area contributed by atoms with Gasteiger partial charge in [-0.2, -0.15) is 0 Å². The monoisotopic (exact) mass is 393 g/mol. The van der Waals surface area contributed by atoms with Crippen LogP contribution in [0.3, 0.4) is 0 Å². The first kappa shape index (κ1) is 18.5. The third kappa shape index (κ3) is 3.61. The largest absolute Gasteiger partial charge is 0.477 e. The number of allylic oxidation sites excluding steroid dienone is 1. The van der Waals surface area contributed by atoms with Crippen molar-refractivity contribution in [1.82, 2.24) is 4.72 Å². The Bertz CT molecular complexity index is 1000. The quantitative estimate of drug-likeness (QED) is 0.811. The normalized spacial score (nSPS) is 17.4. The number of hydrogen-bond acceptors (Lipinski definition) is 4. The highest BCUT2D eigenvalue weighted by Crippen LogP contribution is 2.47. The van der Waals surface area contributed by atoms with Crippen molar-refractivity contribution in [3.8, 4) is 0 Å². The predicted octanol–water partition coefficient (Wildman–Crippen LogP) is 3.59. The van der Waals surface area contributed by atoms with Crippen molar-refractivity contribution < 1.29 is 22.7 Å². The first-order chi connectivity index (χ1) is 12.3. The van der Waals surface area contributed by atoms with Crippen LogP contribution in [0.15, 0.2) is 64.0 Å². The maximum atomic E-state index is 14.0. The summed E-state index contributed by atoms with van der Waals surface area (Å²) < 4.78 is 41.8. The van der Waals surface area contributed by atoms with Gasteiger partial charge in [0.25, 0.3) is 10.0 Å². The molecule has 136 valence electrons. The zero-order chi connectivity index (χ0) is 18.9. The number of halogens is 1. The van der Waals surface area contributed by atoms with Crippen LogP contribution in [-0.2, 0) is 14.8 Å². The van der Waals surface area contributed by atoms with Crippen molar-refractivity contribution in [3.05, 3.63) is 76.1 Å². The molecule has 0 saturated carbocycles. The van der Waals surface area contributed by atoms with Gasteiger partial charge in [0.05, 0.1) is 4.90 Å². The molecule has 0 aliphatic carbocycles. The van der Waals surface area contributed by atoms with Gasteiger partial charge in [-0.1, -0.05) is 36.4 Å². The van der Waals surface area contributed by atoms with Gasteiger partial charge in [0.1, 0.15) is 10.7 Å². The number of carboxylic acids is 1. The molecule has 1 aliphatic heterocycles. The molecule has 0 radical (unpaired) electrons. The van der Waals surface area contributed by atoms with Crippen LogP contribution in [0.2, 0.25) is 0 Å². The molecule has 0 spiro atoms. The fourth-order valence-electron chi connectivity index (χ4n) is 2.79. The van der Waals surface area contributed by atoms with Gasteiger partial charge in [0.2, 0.25) is 0 Å². The lowest BCUT2D eigenvalue weighted by atomic mass is 10.1. The molecule has 1 aliphatic rings. The Morgan fingerprint density at radius 1 is 1.19 bits per heavy atom. The van der Waals surface area contributed by atoms with Gasteiger partial charge in [-0.25, -0.2) is 17.6 Å². The summed E-state index contributed by atoms with van der Waals surface area (Å²) in [6.45, 7) is 1.66. The summed E-state index contributed by atoms with van der Waals surface area (Å²) in [4.78, 5) is 11.5. The van der Waals surface area contributed by atoms with Crippen LogP contribution < -0.4 is 4.72 Å². The number of carboxylic acid groups (broad SMARTS) is 1. The fraction of sp³-hybridized carbons (Fsp3) is 0.167. The topological polar surface area (TPSA) is 83.5 Å². The number of benzene rings is 2. The molecule has 0 saturated heterocycles. The van der Waals surface area contributed by atoms with Crippen LogP contribution in [0.25, 0.3) is 0 Å². The number of sulfonamides is 1. The standard InChI is InChI=1S/C18H16FNO4S2/c1-11-6-2-5-9-16(11)26(23,24)20-14-10-15(25-17(14)18(21)22)12-7-3-4-8-13(12)19/h2-9,15,20H,10H2,1H3,(H,21,22). The van der Waals surface area contributed by atoms with Crippen molar-refractivity contribution in [2.75, 3.05) is 0 Å². The van der Waals surface area contributed by atoms with Crippen LogP contribution in [0.1, 0.15) is 22.8 Å². The summed E-state index contributed by atoms with van der Waals surface area (Å²) in [6, 6.07) is 12.5. The number of carbonyl (C=O) groups is 1. The minimum atomic E-state index is -3.93. The number of aliphatic carboxylic acids is 1. The van der Waals surface area contributed by atoms with Gasteiger partial charge < -0.3 is 5.11 Å². The fourth-order valence-corrected chi connectivity index (χ4v) is 5.45. The molecule has 5 nitrogen and oxygen atoms in total. The Kier molecular flexibility index (Phi) is 5.06. The van der Waals surface area contributed by atoms with E-state index in [9.17, 15) is 22.7 Å². The van der Waals surface area contributed by atoms with E-state index in [0.29, 0.717) is 11.1 Å². The summed E-state index contributed by atoms with van der Waals surface area (Å²) in [6.07, 6.45) is 0.0817. The zero-order valence-electron chi connectivity index (χ0n) is 13.8. The molecule has 2 N–H and O–H groups in total. The molecule has 26 heavy (non-hydrogen) atoms. The molecule has 1 unspecified atom stereocenters. The maximum Gasteiger partial charge on any atom is 0.344 e. The Morgan fingerprint density at radius 2 is 1.85 bits per heavy atom. The molecule has 0 bridgehead atoms. The van der Waals surface area contributed by atoms with Gasteiger partial charge in [-0.3, -0.25) is 4.72 Å². The molecule has 1 heterocycles. The number of nitrogens with one attached hydrogen (secondary N) is 1. The summed E-state index contributed by atoms with van der Waals surface area (Å²) in [5, 5.41) is 8.93. The lowest BCUT2D eigenvalue weighted by Crippen LogP contribution is -2.25. The highest BCUT2D eigenvalue weighted by molar-refractivity contribution is 8.04. The minimum absolute atomic E-state index is 0.0685. The maximum absolute atomic E-state index is 14.0. The van der Waals surface area contributed by atoms with Crippen LogP contribution in [0.5, 0.6) is 0 Å². The number of thioether (sulfide) groups is 1. The third-order valence-electron chi connectivity index (χ3n) is 4.01. The van der Waals surface area contributed by atoms with Gasteiger partial charge in [-0.15, -0.1) is 11.8 Å². The first-order valence-electron chi connectivity index (χ1n) is 7.75. The van der Waals surface area contributed by atoms with Crippen molar-refractivity contribution in [2.45, 2.75) is 23.5 Å². The van der Waals surface area contributed by atoms with Crippen LogP contribution in [0.4, 0.5) is 4.39 Å². The van der Waals surface area contributed by atoms with Gasteiger partial charge >= 0.3 is 5.97 Å². The summed E-state index contributed by atoms with van der Waals surface area (Å²) in [7, 11) is -3.93. The summed E-state index contributed by atoms with van der Waals surface area (Å²) in [5.74, 6) is -1.69. The second-order valence-corrected chi connectivity index (χ2v) is 8.68. The van der Waals surface area contributed by atoms with Gasteiger partial charge in [-0.05, 0) is 24.6 Å². The highest BCUT2D eigenvalue weighted by atomic mass is 32.2. The second kappa shape index (κ2) is 7.13. The Hall–Kier alpha value is -2.32. The van der Waals surface area contributed by atoms with E-state index in [4.69, 9.17) is 0 Å². The summed E-state index contributed by atoms with van der Waals surface area (Å²) >= 11 is 0.947. The molecule has 3 rings (SSSR count). The van der Waals surface area contributed by atoms with E-state index in [0.717, 1.165) is 11.8 Å². The molecule has 0 amide bonds. The van der Waals surface area contributed by atoms with E-state index < -0.39 is 27.1 Å². The third-order valence-corrected chi connectivity index (χ3v) is 6.92. The Labute approximate surface area is 155 Å². The Balaban J connectivity index is 1.92. The molecule has 0 fully saturated rings. The predicted molar refractivity (Wildman–Crippen MR) is 97.5 cm³/mol. The molecule has 2 aromatic carbocycles. The van der Waals surface area contributed by atoms with Crippen molar-refractivity contribution in [2.24, 2.45) is 0 Å². The summed E-state index contributed by atoms with van der Waals surface area (Å²) in [5.41, 5.74) is 0.967. The lowest BCUT2D eigenvalue weighted by Gasteiger charge is -2.13. The average molecular weight is 393 g/mol. The van der Waals surface area contributed by atoms with E-state index in [-0.39, 0.29) is 21.9 Å². The van der Waals surface area contributed by atoms with Crippen LogP contribution >= 0.6 is 11.8 Å². The van der Waals surface area contributed by atoms with Gasteiger partial charge in [0, 0.05) is 22.9 Å². The van der Waals surface area contributed by atoms with Gasteiger partial charge in [0.15, 0.2) is 0 Å². The zero-order valence-corrected chi connectivity index (χ0v) is 15.4. The molecule has 0 aromatic heterocycles. The lowest BCUT2D eigenvalue weighted by molar-refractivity contribution is -0.131. The highest BCUT2D eigenvalue weighted by Gasteiger charge is 2.34. The number of aryl methyl sites for hydroxylation is 1. The first-order valence-corrected chi connectivity index (χ1v) is 10.1. The van der Waals surface area contributed by atoms with Crippen molar-refractivity contribution in [1.29, 1.82) is 0 Å². The SMILES string of the molecule is Cc1ccccc1S(=O)(=O)NC1=C(C(=O)O)SC(c2ccccc2F)C1. The molecule has 2 aromatic rings. The van der Waals surface area contributed by atoms with Crippen molar-refractivity contribution >= 4 is 27.8 Å². The molecular formula is C18H16FNO4S2. The Morgan fingerprint density at radius 3 is 2.50 bits per heavy atom. The van der Waals surface area contributed by atoms with E-state index in [1.807, 2.05) is 0 Å². The average Bonchev–Trinajstić information content (AvgIpc) is 2.98. The molecule has 8 heteroatoms.